The van der Waals surface area contributed by atoms with Crippen LogP contribution in [0.25, 0.3) is 0 Å². The van der Waals surface area contributed by atoms with Crippen LogP contribution in [-0.4, -0.2) is 68.6 Å². The highest BCUT2D eigenvalue weighted by atomic mass is 16.2. The maximum Gasteiger partial charge on any atom is 0.238 e. The van der Waals surface area contributed by atoms with Crippen molar-refractivity contribution in [2.24, 2.45) is 5.92 Å². The van der Waals surface area contributed by atoms with Gasteiger partial charge >= 0.3 is 0 Å². The van der Waals surface area contributed by atoms with Crippen molar-refractivity contribution in [1.82, 2.24) is 9.80 Å². The SMILES string of the molecule is CC1CCN(CC(=O)Nc2ccc(N3CCN(C)CC3)cc2)CC1. The van der Waals surface area contributed by atoms with E-state index < -0.39 is 0 Å². The Balaban J connectivity index is 1.48. The summed E-state index contributed by atoms with van der Waals surface area (Å²) in [6.45, 7) is 9.21. The molecule has 0 saturated carbocycles. The van der Waals surface area contributed by atoms with E-state index in [1.807, 2.05) is 12.1 Å². The van der Waals surface area contributed by atoms with E-state index in [-0.39, 0.29) is 5.91 Å². The van der Waals surface area contributed by atoms with Gasteiger partial charge in [0.05, 0.1) is 6.54 Å². The van der Waals surface area contributed by atoms with Crippen LogP contribution in [0.4, 0.5) is 11.4 Å². The molecule has 2 fully saturated rings. The number of likely N-dealkylation sites (N-methyl/N-ethyl adjacent to an activating group) is 1. The summed E-state index contributed by atoms with van der Waals surface area (Å²) in [5.74, 6) is 0.892. The number of hydrogen-bond donors (Lipinski definition) is 1. The average Bonchev–Trinajstić information content (AvgIpc) is 2.58. The molecule has 0 spiro atoms. The number of carbonyl (C=O) groups is 1. The zero-order valence-electron chi connectivity index (χ0n) is 15.0. The summed E-state index contributed by atoms with van der Waals surface area (Å²) < 4.78 is 0. The number of hydrogen-bond acceptors (Lipinski definition) is 4. The predicted octanol–water partition coefficient (Wildman–Crippen LogP) is 2.11. The fourth-order valence-electron chi connectivity index (χ4n) is 3.44. The van der Waals surface area contributed by atoms with Crippen molar-refractivity contribution in [3.8, 4) is 0 Å². The Bertz CT molecular complexity index is 529. The highest BCUT2D eigenvalue weighted by Crippen LogP contribution is 2.20. The number of carbonyl (C=O) groups excluding carboxylic acids is 1. The Morgan fingerprint density at radius 3 is 2.29 bits per heavy atom. The summed E-state index contributed by atoms with van der Waals surface area (Å²) in [5.41, 5.74) is 2.13. The first-order valence-electron chi connectivity index (χ1n) is 9.16. The number of amides is 1. The first-order valence-corrected chi connectivity index (χ1v) is 9.16. The quantitative estimate of drug-likeness (QED) is 0.918. The smallest absolute Gasteiger partial charge is 0.238 e. The van der Waals surface area contributed by atoms with Crippen molar-refractivity contribution in [2.75, 3.05) is 63.1 Å². The molecule has 2 saturated heterocycles. The normalized spacial score (nSPS) is 21.0. The zero-order valence-corrected chi connectivity index (χ0v) is 15.0. The fraction of sp³-hybridized carbons (Fsp3) is 0.632. The van der Waals surface area contributed by atoms with E-state index in [1.54, 1.807) is 0 Å². The van der Waals surface area contributed by atoms with Gasteiger partial charge in [-0.15, -0.1) is 0 Å². The van der Waals surface area contributed by atoms with Crippen LogP contribution in [-0.2, 0) is 4.79 Å². The maximum absolute atomic E-state index is 12.2. The number of piperazine rings is 1. The third-order valence-electron chi connectivity index (χ3n) is 5.26. The molecular weight excluding hydrogens is 300 g/mol. The molecule has 5 heteroatoms. The number of benzene rings is 1. The van der Waals surface area contributed by atoms with Gasteiger partial charge in [-0.1, -0.05) is 6.92 Å². The van der Waals surface area contributed by atoms with E-state index in [0.717, 1.165) is 50.9 Å². The molecule has 5 nitrogen and oxygen atoms in total. The lowest BCUT2D eigenvalue weighted by Gasteiger charge is -2.34. The van der Waals surface area contributed by atoms with Crippen LogP contribution in [0.1, 0.15) is 19.8 Å². The van der Waals surface area contributed by atoms with Crippen molar-refractivity contribution >= 4 is 17.3 Å². The van der Waals surface area contributed by atoms with Crippen molar-refractivity contribution in [2.45, 2.75) is 19.8 Å². The molecule has 0 aromatic heterocycles. The minimum atomic E-state index is 0.0944. The molecule has 0 unspecified atom stereocenters. The molecule has 0 bridgehead atoms. The zero-order chi connectivity index (χ0) is 16.9. The number of likely N-dealkylation sites (tertiary alicyclic amines) is 1. The monoisotopic (exact) mass is 330 g/mol. The Morgan fingerprint density at radius 2 is 1.67 bits per heavy atom. The highest BCUT2D eigenvalue weighted by molar-refractivity contribution is 5.92. The van der Waals surface area contributed by atoms with Crippen LogP contribution in [0.5, 0.6) is 0 Å². The summed E-state index contributed by atoms with van der Waals surface area (Å²) in [6.07, 6.45) is 2.40. The average molecular weight is 330 g/mol. The number of nitrogens with one attached hydrogen (secondary N) is 1. The molecule has 0 radical (unpaired) electrons. The highest BCUT2D eigenvalue weighted by Gasteiger charge is 2.18. The van der Waals surface area contributed by atoms with Crippen LogP contribution >= 0.6 is 0 Å². The molecule has 1 amide bonds. The second-order valence-corrected chi connectivity index (χ2v) is 7.34. The summed E-state index contributed by atoms with van der Waals surface area (Å²) >= 11 is 0. The van der Waals surface area contributed by atoms with Crippen molar-refractivity contribution < 1.29 is 4.79 Å². The molecule has 1 N–H and O–H groups in total. The molecule has 3 rings (SSSR count). The first kappa shape index (κ1) is 17.2. The van der Waals surface area contributed by atoms with Crippen molar-refractivity contribution in [3.63, 3.8) is 0 Å². The largest absolute Gasteiger partial charge is 0.369 e. The molecule has 0 aliphatic carbocycles. The molecule has 132 valence electrons. The van der Waals surface area contributed by atoms with Gasteiger partial charge in [0.1, 0.15) is 0 Å². The minimum Gasteiger partial charge on any atom is -0.369 e. The second kappa shape index (κ2) is 7.99. The van der Waals surface area contributed by atoms with E-state index >= 15 is 0 Å². The Kier molecular flexibility index (Phi) is 5.74. The molecule has 2 heterocycles. The van der Waals surface area contributed by atoms with Gasteiger partial charge in [-0.3, -0.25) is 9.69 Å². The number of piperidine rings is 1. The summed E-state index contributed by atoms with van der Waals surface area (Å²) in [7, 11) is 2.17. The molecule has 24 heavy (non-hydrogen) atoms. The minimum absolute atomic E-state index is 0.0944. The maximum atomic E-state index is 12.2. The lowest BCUT2D eigenvalue weighted by Crippen LogP contribution is -2.44. The summed E-state index contributed by atoms with van der Waals surface area (Å²) in [6, 6.07) is 8.26. The predicted molar refractivity (Wildman–Crippen MR) is 99.6 cm³/mol. The molecule has 1 aromatic carbocycles. The lowest BCUT2D eigenvalue weighted by atomic mass is 9.99. The van der Waals surface area contributed by atoms with Crippen LogP contribution < -0.4 is 10.2 Å². The van der Waals surface area contributed by atoms with E-state index in [4.69, 9.17) is 0 Å². The third kappa shape index (κ3) is 4.71. The van der Waals surface area contributed by atoms with E-state index in [2.05, 4.69) is 46.1 Å². The number of anilines is 2. The first-order chi connectivity index (χ1) is 11.6. The van der Waals surface area contributed by atoms with E-state index in [0.29, 0.717) is 6.54 Å². The van der Waals surface area contributed by atoms with Gasteiger partial charge in [-0.2, -0.15) is 0 Å². The van der Waals surface area contributed by atoms with Crippen molar-refractivity contribution in [1.29, 1.82) is 0 Å². The second-order valence-electron chi connectivity index (χ2n) is 7.34. The van der Waals surface area contributed by atoms with E-state index in [1.165, 1.54) is 18.5 Å². The van der Waals surface area contributed by atoms with Gasteiger partial charge < -0.3 is 15.1 Å². The topological polar surface area (TPSA) is 38.8 Å². The van der Waals surface area contributed by atoms with Gasteiger partial charge in [0.25, 0.3) is 0 Å². The molecule has 1 aromatic rings. The van der Waals surface area contributed by atoms with Gasteiger partial charge in [-0.25, -0.2) is 0 Å². The fourth-order valence-corrected chi connectivity index (χ4v) is 3.44. The van der Waals surface area contributed by atoms with Crippen LogP contribution in [0.3, 0.4) is 0 Å². The summed E-state index contributed by atoms with van der Waals surface area (Å²) in [5, 5.41) is 3.03. The molecule has 0 atom stereocenters. The molecule has 2 aliphatic rings. The van der Waals surface area contributed by atoms with Crippen molar-refractivity contribution in [3.05, 3.63) is 24.3 Å². The standard InChI is InChI=1S/C19H30N4O/c1-16-7-9-22(10-8-16)15-19(24)20-17-3-5-18(6-4-17)23-13-11-21(2)12-14-23/h3-6,16H,7-15H2,1-2H3,(H,20,24). The van der Waals surface area contributed by atoms with E-state index in [9.17, 15) is 4.79 Å². The number of rotatable bonds is 4. The summed E-state index contributed by atoms with van der Waals surface area (Å²) in [4.78, 5) is 19.2. The van der Waals surface area contributed by atoms with Gasteiger partial charge in [0, 0.05) is 37.6 Å². The van der Waals surface area contributed by atoms with Gasteiger partial charge in [-0.05, 0) is 63.2 Å². The van der Waals surface area contributed by atoms with Crippen LogP contribution in [0, 0.1) is 5.92 Å². The molecular formula is C19H30N4O. The Labute approximate surface area is 145 Å². The van der Waals surface area contributed by atoms with Gasteiger partial charge in [0.15, 0.2) is 0 Å². The number of nitrogens with zero attached hydrogens (tertiary/aromatic N) is 3. The lowest BCUT2D eigenvalue weighted by molar-refractivity contribution is -0.117. The third-order valence-corrected chi connectivity index (χ3v) is 5.26. The van der Waals surface area contributed by atoms with Gasteiger partial charge in [0.2, 0.25) is 5.91 Å². The molecule has 2 aliphatic heterocycles. The van der Waals surface area contributed by atoms with Crippen LogP contribution in [0.2, 0.25) is 0 Å². The Hall–Kier alpha value is -1.59. The van der Waals surface area contributed by atoms with Crippen LogP contribution in [0.15, 0.2) is 24.3 Å². The Morgan fingerprint density at radius 1 is 1.04 bits per heavy atom.